The third-order valence-electron chi connectivity index (χ3n) is 4.12. The zero-order valence-corrected chi connectivity index (χ0v) is 13.6. The van der Waals surface area contributed by atoms with E-state index >= 15 is 0 Å². The zero-order valence-electron chi connectivity index (χ0n) is 13.6. The van der Waals surface area contributed by atoms with Crippen LogP contribution in [-0.2, 0) is 24.3 Å². The third-order valence-corrected chi connectivity index (χ3v) is 4.12. The molecular weight excluding hydrogens is 318 g/mol. The van der Waals surface area contributed by atoms with Gasteiger partial charge in [-0.1, -0.05) is 30.3 Å². The summed E-state index contributed by atoms with van der Waals surface area (Å²) in [6, 6.07) is 13.3. The Kier molecular flexibility index (Phi) is 4.16. The maximum atomic E-state index is 12.3. The molecule has 0 bridgehead atoms. The van der Waals surface area contributed by atoms with E-state index in [1.807, 2.05) is 42.5 Å². The Morgan fingerprint density at radius 2 is 1.96 bits per heavy atom. The fourth-order valence-electron chi connectivity index (χ4n) is 2.78. The molecule has 3 heterocycles. The molecule has 2 aromatic heterocycles. The van der Waals surface area contributed by atoms with Crippen molar-refractivity contribution in [2.75, 3.05) is 6.54 Å². The number of rotatable bonds is 3. The highest BCUT2D eigenvalue weighted by Crippen LogP contribution is 2.26. The van der Waals surface area contributed by atoms with Crippen molar-refractivity contribution in [2.45, 2.75) is 19.6 Å². The number of nitrogens with zero attached hydrogens (tertiary/aromatic N) is 3. The molecule has 6 heteroatoms. The van der Waals surface area contributed by atoms with Gasteiger partial charge in [0.25, 0.3) is 0 Å². The van der Waals surface area contributed by atoms with E-state index in [1.54, 1.807) is 17.3 Å². The Morgan fingerprint density at radius 1 is 1.16 bits per heavy atom. The molecule has 3 aromatic rings. The Balaban J connectivity index is 1.42. The van der Waals surface area contributed by atoms with Gasteiger partial charge in [-0.05, 0) is 17.7 Å². The van der Waals surface area contributed by atoms with Crippen molar-refractivity contribution in [1.29, 1.82) is 0 Å². The molecule has 0 N–H and O–H groups in total. The topological polar surface area (TPSA) is 68.5 Å². The van der Waals surface area contributed by atoms with E-state index in [2.05, 4.69) is 9.97 Å². The number of benzene rings is 1. The molecule has 0 unspecified atom stereocenters. The minimum Gasteiger partial charge on any atom is -0.445 e. The summed E-state index contributed by atoms with van der Waals surface area (Å²) in [7, 11) is 0. The number of pyridine rings is 1. The SMILES string of the molecule is O=C(OCc1ccccc1)N1CCc2oc(-c3ccncc3)nc2C1. The van der Waals surface area contributed by atoms with E-state index in [1.165, 1.54) is 0 Å². The molecular formula is C19H17N3O3. The molecule has 25 heavy (non-hydrogen) atoms. The van der Waals surface area contributed by atoms with Crippen molar-refractivity contribution < 1.29 is 13.9 Å². The minimum atomic E-state index is -0.331. The highest BCUT2D eigenvalue weighted by atomic mass is 16.6. The van der Waals surface area contributed by atoms with Gasteiger partial charge in [-0.3, -0.25) is 4.98 Å². The summed E-state index contributed by atoms with van der Waals surface area (Å²) in [5.74, 6) is 1.39. The van der Waals surface area contributed by atoms with Crippen molar-refractivity contribution in [3.63, 3.8) is 0 Å². The molecule has 4 rings (SSSR count). The second-order valence-electron chi connectivity index (χ2n) is 5.84. The van der Waals surface area contributed by atoms with Crippen LogP contribution in [0.3, 0.4) is 0 Å². The van der Waals surface area contributed by atoms with E-state index in [0.717, 1.165) is 22.6 Å². The quantitative estimate of drug-likeness (QED) is 0.733. The minimum absolute atomic E-state index is 0.268. The monoisotopic (exact) mass is 335 g/mol. The second kappa shape index (κ2) is 6.76. The number of carbonyl (C=O) groups is 1. The molecule has 1 aliphatic rings. The predicted octanol–water partition coefficient (Wildman–Crippen LogP) is 3.43. The van der Waals surface area contributed by atoms with Crippen LogP contribution in [0.2, 0.25) is 0 Å². The van der Waals surface area contributed by atoms with E-state index in [4.69, 9.17) is 9.15 Å². The van der Waals surface area contributed by atoms with Crippen molar-refractivity contribution >= 4 is 6.09 Å². The smallest absolute Gasteiger partial charge is 0.410 e. The Hall–Kier alpha value is -3.15. The van der Waals surface area contributed by atoms with E-state index in [0.29, 0.717) is 25.4 Å². The maximum Gasteiger partial charge on any atom is 0.410 e. The predicted molar refractivity (Wildman–Crippen MR) is 90.5 cm³/mol. The largest absolute Gasteiger partial charge is 0.445 e. The van der Waals surface area contributed by atoms with Gasteiger partial charge in [-0.15, -0.1) is 0 Å². The molecule has 0 saturated heterocycles. The lowest BCUT2D eigenvalue weighted by Crippen LogP contribution is -2.36. The first kappa shape index (κ1) is 15.4. The van der Waals surface area contributed by atoms with Crippen LogP contribution in [0.1, 0.15) is 17.0 Å². The lowest BCUT2D eigenvalue weighted by molar-refractivity contribution is 0.0904. The van der Waals surface area contributed by atoms with Crippen LogP contribution >= 0.6 is 0 Å². The molecule has 0 fully saturated rings. The van der Waals surface area contributed by atoms with Crippen molar-refractivity contribution in [1.82, 2.24) is 14.9 Å². The molecule has 6 nitrogen and oxygen atoms in total. The summed E-state index contributed by atoms with van der Waals surface area (Å²) in [5.41, 5.74) is 2.63. The summed E-state index contributed by atoms with van der Waals surface area (Å²) in [4.78, 5) is 22.5. The number of amides is 1. The van der Waals surface area contributed by atoms with Gasteiger partial charge in [0.15, 0.2) is 0 Å². The lowest BCUT2D eigenvalue weighted by Gasteiger charge is -2.24. The van der Waals surface area contributed by atoms with Gasteiger partial charge in [-0.2, -0.15) is 0 Å². The van der Waals surface area contributed by atoms with Crippen LogP contribution in [-0.4, -0.2) is 27.5 Å². The molecule has 0 saturated carbocycles. The lowest BCUT2D eigenvalue weighted by atomic mass is 10.2. The summed E-state index contributed by atoms with van der Waals surface area (Å²) < 4.78 is 11.2. The van der Waals surface area contributed by atoms with Crippen LogP contribution < -0.4 is 0 Å². The molecule has 0 radical (unpaired) electrons. The van der Waals surface area contributed by atoms with Gasteiger partial charge in [0.05, 0.1) is 6.54 Å². The number of carbonyl (C=O) groups excluding carboxylic acids is 1. The highest BCUT2D eigenvalue weighted by molar-refractivity contribution is 5.68. The maximum absolute atomic E-state index is 12.3. The fourth-order valence-corrected chi connectivity index (χ4v) is 2.78. The Morgan fingerprint density at radius 3 is 2.76 bits per heavy atom. The Bertz CT molecular complexity index is 862. The average Bonchev–Trinajstić information content (AvgIpc) is 3.11. The molecule has 1 aromatic carbocycles. The van der Waals surface area contributed by atoms with E-state index < -0.39 is 0 Å². The molecule has 126 valence electrons. The van der Waals surface area contributed by atoms with Gasteiger partial charge < -0.3 is 14.1 Å². The standard InChI is InChI=1S/C19H17N3O3/c23-19(24-13-14-4-2-1-3-5-14)22-11-8-17-16(12-22)21-18(25-17)15-6-9-20-10-7-15/h1-7,9-10H,8,11-13H2. The van der Waals surface area contributed by atoms with E-state index in [9.17, 15) is 4.79 Å². The van der Waals surface area contributed by atoms with Gasteiger partial charge in [0.2, 0.25) is 5.89 Å². The molecule has 0 aliphatic carbocycles. The van der Waals surface area contributed by atoms with Gasteiger partial charge in [0, 0.05) is 30.9 Å². The summed E-state index contributed by atoms with van der Waals surface area (Å²) in [6.07, 6.45) is 3.70. The van der Waals surface area contributed by atoms with Crippen LogP contribution in [0.15, 0.2) is 59.3 Å². The van der Waals surface area contributed by atoms with Gasteiger partial charge in [0.1, 0.15) is 18.1 Å². The van der Waals surface area contributed by atoms with Crippen LogP contribution in [0.4, 0.5) is 4.79 Å². The average molecular weight is 335 g/mol. The second-order valence-corrected chi connectivity index (χ2v) is 5.84. The van der Waals surface area contributed by atoms with Gasteiger partial charge in [-0.25, -0.2) is 9.78 Å². The first-order valence-electron chi connectivity index (χ1n) is 8.14. The first-order valence-corrected chi connectivity index (χ1v) is 8.14. The summed E-state index contributed by atoms with van der Waals surface area (Å²) in [5, 5.41) is 0. The fraction of sp³-hybridized carbons (Fsp3) is 0.211. The normalized spacial score (nSPS) is 13.4. The van der Waals surface area contributed by atoms with Crippen molar-refractivity contribution in [3.8, 4) is 11.5 Å². The summed E-state index contributed by atoms with van der Waals surface area (Å²) >= 11 is 0. The third kappa shape index (κ3) is 3.38. The highest BCUT2D eigenvalue weighted by Gasteiger charge is 2.26. The van der Waals surface area contributed by atoms with Crippen LogP contribution in [0, 0.1) is 0 Å². The molecule has 1 aliphatic heterocycles. The number of ether oxygens (including phenoxy) is 1. The van der Waals surface area contributed by atoms with Crippen molar-refractivity contribution in [3.05, 3.63) is 71.9 Å². The molecule has 0 atom stereocenters. The first-order chi connectivity index (χ1) is 12.3. The number of fused-ring (bicyclic) bond motifs is 1. The van der Waals surface area contributed by atoms with Gasteiger partial charge >= 0.3 is 6.09 Å². The molecule has 1 amide bonds. The Labute approximate surface area is 145 Å². The number of aromatic nitrogens is 2. The number of hydrogen-bond donors (Lipinski definition) is 0. The zero-order chi connectivity index (χ0) is 17.1. The number of oxazole rings is 1. The van der Waals surface area contributed by atoms with Crippen LogP contribution in [0.5, 0.6) is 0 Å². The van der Waals surface area contributed by atoms with Crippen molar-refractivity contribution in [2.24, 2.45) is 0 Å². The van der Waals surface area contributed by atoms with Crippen LogP contribution in [0.25, 0.3) is 11.5 Å². The number of hydrogen-bond acceptors (Lipinski definition) is 5. The molecule has 0 spiro atoms. The van der Waals surface area contributed by atoms with E-state index in [-0.39, 0.29) is 12.7 Å². The summed E-state index contributed by atoms with van der Waals surface area (Å²) in [6.45, 7) is 1.23.